The van der Waals surface area contributed by atoms with E-state index < -0.39 is 0 Å². The fraction of sp³-hybridized carbons (Fsp3) is 0.273. The maximum atomic E-state index is 10.6. The van der Waals surface area contributed by atoms with E-state index in [0.717, 1.165) is 11.3 Å². The molecule has 14 heavy (non-hydrogen) atoms. The molecule has 0 amide bonds. The van der Waals surface area contributed by atoms with Gasteiger partial charge >= 0.3 is 0 Å². The Labute approximate surface area is 88.1 Å². The first-order valence-electron chi connectivity index (χ1n) is 4.24. The fourth-order valence-electron chi connectivity index (χ4n) is 0.885. The second-order valence-electron chi connectivity index (χ2n) is 2.72. The molecule has 0 saturated carbocycles. The number of aromatic nitrogens is 1. The van der Waals surface area contributed by atoms with Crippen molar-refractivity contribution in [1.82, 2.24) is 4.98 Å². The molecule has 1 heterocycles. The Hall–Kier alpha value is -1.27. The summed E-state index contributed by atoms with van der Waals surface area (Å²) in [5.41, 5.74) is 1.85. The lowest BCUT2D eigenvalue weighted by Gasteiger charge is -1.93. The number of hydrogen-bond donors (Lipinski definition) is 0. The predicted octanol–water partition coefficient (Wildman–Crippen LogP) is 2.02. The second-order valence-corrected chi connectivity index (χ2v) is 3.87. The molecular formula is C11H11NOS. The zero-order chi connectivity index (χ0) is 10.4. The topological polar surface area (TPSA) is 30.0 Å². The Morgan fingerprint density at radius 1 is 1.64 bits per heavy atom. The van der Waals surface area contributed by atoms with Crippen molar-refractivity contribution < 1.29 is 4.79 Å². The number of thioether (sulfide) groups is 1. The minimum atomic E-state index is 0.0993. The summed E-state index contributed by atoms with van der Waals surface area (Å²) < 4.78 is 0. The van der Waals surface area contributed by atoms with Gasteiger partial charge in [0, 0.05) is 18.7 Å². The number of carbonyl (C=O) groups excluding carboxylic acids is 1. The maximum Gasteiger partial charge on any atom is 0.186 e. The molecule has 1 rings (SSSR count). The lowest BCUT2D eigenvalue weighted by atomic mass is 10.2. The zero-order valence-corrected chi connectivity index (χ0v) is 9.02. The lowest BCUT2D eigenvalue weighted by Crippen LogP contribution is -1.86. The van der Waals surface area contributed by atoms with Gasteiger partial charge in [0.05, 0.1) is 11.4 Å². The van der Waals surface area contributed by atoms with Crippen molar-refractivity contribution in [3.63, 3.8) is 0 Å². The summed E-state index contributed by atoms with van der Waals surface area (Å²) in [5.74, 6) is 6.45. The highest BCUT2D eigenvalue weighted by atomic mass is 32.2. The van der Waals surface area contributed by atoms with E-state index in [2.05, 4.69) is 16.8 Å². The molecule has 0 unspecified atom stereocenters. The SMILES string of the molecule is CC(=O)SCC#Cc1cccnc1C. The number of pyridine rings is 1. The van der Waals surface area contributed by atoms with Crippen molar-refractivity contribution in [2.75, 3.05) is 5.75 Å². The minimum Gasteiger partial charge on any atom is -0.288 e. The average Bonchev–Trinajstić information content (AvgIpc) is 2.15. The van der Waals surface area contributed by atoms with Gasteiger partial charge in [-0.3, -0.25) is 9.78 Å². The Bertz CT molecular complexity index is 390. The number of hydrogen-bond acceptors (Lipinski definition) is 3. The van der Waals surface area contributed by atoms with Crippen LogP contribution in [0, 0.1) is 18.8 Å². The summed E-state index contributed by atoms with van der Waals surface area (Å²) in [6, 6.07) is 3.78. The molecule has 0 aromatic carbocycles. The van der Waals surface area contributed by atoms with Gasteiger partial charge in [0.1, 0.15) is 0 Å². The van der Waals surface area contributed by atoms with E-state index >= 15 is 0 Å². The van der Waals surface area contributed by atoms with Crippen LogP contribution in [-0.2, 0) is 4.79 Å². The van der Waals surface area contributed by atoms with Crippen molar-refractivity contribution in [1.29, 1.82) is 0 Å². The van der Waals surface area contributed by atoms with Crippen LogP contribution < -0.4 is 0 Å². The molecule has 0 fully saturated rings. The second kappa shape index (κ2) is 5.46. The van der Waals surface area contributed by atoms with Gasteiger partial charge in [-0.25, -0.2) is 0 Å². The van der Waals surface area contributed by atoms with Gasteiger partial charge in [0.15, 0.2) is 5.12 Å². The molecular weight excluding hydrogens is 194 g/mol. The summed E-state index contributed by atoms with van der Waals surface area (Å²) in [4.78, 5) is 14.7. The van der Waals surface area contributed by atoms with Crippen molar-refractivity contribution in [3.8, 4) is 11.8 Å². The molecule has 3 heteroatoms. The molecule has 0 N–H and O–H groups in total. The van der Waals surface area contributed by atoms with Gasteiger partial charge in [-0.15, -0.1) is 0 Å². The van der Waals surface area contributed by atoms with Crippen LogP contribution in [0.3, 0.4) is 0 Å². The van der Waals surface area contributed by atoms with Crippen LogP contribution in [0.1, 0.15) is 18.2 Å². The van der Waals surface area contributed by atoms with Gasteiger partial charge < -0.3 is 0 Å². The van der Waals surface area contributed by atoms with Crippen LogP contribution in [0.2, 0.25) is 0 Å². The molecule has 1 aromatic heterocycles. The third kappa shape index (κ3) is 3.63. The first kappa shape index (κ1) is 10.8. The van der Waals surface area contributed by atoms with Crippen LogP contribution in [0.25, 0.3) is 0 Å². The van der Waals surface area contributed by atoms with Gasteiger partial charge in [-0.2, -0.15) is 0 Å². The van der Waals surface area contributed by atoms with Crippen LogP contribution in [0.4, 0.5) is 0 Å². The number of rotatable bonds is 1. The van der Waals surface area contributed by atoms with Gasteiger partial charge in [0.2, 0.25) is 0 Å². The minimum absolute atomic E-state index is 0.0993. The van der Waals surface area contributed by atoms with Crippen LogP contribution in [0.15, 0.2) is 18.3 Å². The molecule has 0 radical (unpaired) electrons. The summed E-state index contributed by atoms with van der Waals surface area (Å²) >= 11 is 1.22. The highest BCUT2D eigenvalue weighted by molar-refractivity contribution is 8.13. The van der Waals surface area contributed by atoms with E-state index in [-0.39, 0.29) is 5.12 Å². The molecule has 0 aliphatic heterocycles. The summed E-state index contributed by atoms with van der Waals surface area (Å²) in [7, 11) is 0. The summed E-state index contributed by atoms with van der Waals surface area (Å²) in [6.07, 6.45) is 1.74. The standard InChI is InChI=1S/C11H11NOS/c1-9-11(5-3-7-12-9)6-4-8-14-10(2)13/h3,5,7H,8H2,1-2H3. The first-order chi connectivity index (χ1) is 6.70. The third-order valence-electron chi connectivity index (χ3n) is 1.58. The van der Waals surface area contributed by atoms with E-state index in [9.17, 15) is 4.79 Å². The molecule has 72 valence electrons. The Kier molecular flexibility index (Phi) is 4.21. The van der Waals surface area contributed by atoms with E-state index in [1.807, 2.05) is 19.1 Å². The maximum absolute atomic E-state index is 10.6. The number of carbonyl (C=O) groups is 1. The largest absolute Gasteiger partial charge is 0.288 e. The fourth-order valence-corrected chi connectivity index (χ4v) is 1.23. The molecule has 0 aliphatic rings. The molecule has 0 aliphatic carbocycles. The zero-order valence-electron chi connectivity index (χ0n) is 8.20. The van der Waals surface area contributed by atoms with Crippen LogP contribution in [-0.4, -0.2) is 15.9 Å². The normalized spacial score (nSPS) is 9.00. The first-order valence-corrected chi connectivity index (χ1v) is 5.22. The summed E-state index contributed by atoms with van der Waals surface area (Å²) in [6.45, 7) is 3.46. The summed E-state index contributed by atoms with van der Waals surface area (Å²) in [5, 5.41) is 0.0993. The van der Waals surface area contributed by atoms with Gasteiger partial charge in [0.25, 0.3) is 0 Å². The molecule has 0 saturated heterocycles. The number of aryl methyl sites for hydroxylation is 1. The molecule has 0 bridgehead atoms. The van der Waals surface area contributed by atoms with Crippen molar-refractivity contribution in [2.24, 2.45) is 0 Å². The third-order valence-corrected chi connectivity index (χ3v) is 2.27. The Balaban J connectivity index is 2.59. The highest BCUT2D eigenvalue weighted by Gasteiger charge is 1.92. The van der Waals surface area contributed by atoms with Crippen LogP contribution in [0.5, 0.6) is 0 Å². The Morgan fingerprint density at radius 2 is 2.43 bits per heavy atom. The van der Waals surface area contributed by atoms with Crippen molar-refractivity contribution >= 4 is 16.9 Å². The van der Waals surface area contributed by atoms with Gasteiger partial charge in [-0.05, 0) is 19.1 Å². The van der Waals surface area contributed by atoms with Crippen molar-refractivity contribution in [2.45, 2.75) is 13.8 Å². The Morgan fingerprint density at radius 3 is 3.07 bits per heavy atom. The predicted molar refractivity (Wildman–Crippen MR) is 59.0 cm³/mol. The van der Waals surface area contributed by atoms with E-state index in [4.69, 9.17) is 0 Å². The molecule has 0 atom stereocenters. The van der Waals surface area contributed by atoms with E-state index in [1.165, 1.54) is 11.8 Å². The van der Waals surface area contributed by atoms with Crippen molar-refractivity contribution in [3.05, 3.63) is 29.6 Å². The van der Waals surface area contributed by atoms with E-state index in [1.54, 1.807) is 13.1 Å². The smallest absolute Gasteiger partial charge is 0.186 e. The van der Waals surface area contributed by atoms with Crippen LogP contribution >= 0.6 is 11.8 Å². The lowest BCUT2D eigenvalue weighted by molar-refractivity contribution is -0.109. The number of nitrogens with zero attached hydrogens (tertiary/aromatic N) is 1. The monoisotopic (exact) mass is 205 g/mol. The van der Waals surface area contributed by atoms with Gasteiger partial charge in [-0.1, -0.05) is 23.6 Å². The molecule has 2 nitrogen and oxygen atoms in total. The quantitative estimate of drug-likeness (QED) is 0.657. The highest BCUT2D eigenvalue weighted by Crippen LogP contribution is 2.02. The molecule has 1 aromatic rings. The average molecular weight is 205 g/mol. The molecule has 0 spiro atoms. The van der Waals surface area contributed by atoms with E-state index in [0.29, 0.717) is 5.75 Å².